The van der Waals surface area contributed by atoms with Crippen molar-refractivity contribution in [1.29, 1.82) is 0 Å². The van der Waals surface area contributed by atoms with Crippen LogP contribution in [0.4, 0.5) is 5.82 Å². The summed E-state index contributed by atoms with van der Waals surface area (Å²) >= 11 is 7.13. The third-order valence-electron chi connectivity index (χ3n) is 1.56. The lowest BCUT2D eigenvalue weighted by Gasteiger charge is -1.99. The van der Waals surface area contributed by atoms with Gasteiger partial charge in [0.05, 0.1) is 17.4 Å². The van der Waals surface area contributed by atoms with Crippen LogP contribution < -0.4 is 5.73 Å². The van der Waals surface area contributed by atoms with Crippen LogP contribution in [0.2, 0.25) is 5.02 Å². The molecular formula is C9H7ClN4S. The number of aromatic nitrogens is 3. The normalized spacial score (nSPS) is 10.2. The molecule has 0 fully saturated rings. The maximum absolute atomic E-state index is 5.72. The topological polar surface area (TPSA) is 64.7 Å². The summed E-state index contributed by atoms with van der Waals surface area (Å²) in [5, 5.41) is 2.18. The van der Waals surface area contributed by atoms with Crippen molar-refractivity contribution in [1.82, 2.24) is 15.0 Å². The Bertz CT molecular complexity index is 399. The van der Waals surface area contributed by atoms with E-state index in [4.69, 9.17) is 17.3 Å². The highest BCUT2D eigenvalue weighted by atomic mass is 35.5. The number of anilines is 1. The molecule has 2 heterocycles. The molecule has 0 bridgehead atoms. The van der Waals surface area contributed by atoms with E-state index in [2.05, 4.69) is 15.0 Å². The number of hydrogen-bond donors (Lipinski definition) is 1. The maximum atomic E-state index is 5.72. The Morgan fingerprint density at radius 3 is 2.40 bits per heavy atom. The van der Waals surface area contributed by atoms with Crippen LogP contribution in [0.25, 0.3) is 0 Å². The summed E-state index contributed by atoms with van der Waals surface area (Å²) < 4.78 is 0. The van der Waals surface area contributed by atoms with Crippen molar-refractivity contribution >= 4 is 29.2 Å². The van der Waals surface area contributed by atoms with Gasteiger partial charge in [-0.2, -0.15) is 0 Å². The lowest BCUT2D eigenvalue weighted by atomic mass is 10.5. The summed E-state index contributed by atoms with van der Waals surface area (Å²) in [7, 11) is 0. The van der Waals surface area contributed by atoms with Gasteiger partial charge in [0.25, 0.3) is 0 Å². The van der Waals surface area contributed by atoms with Crippen LogP contribution in [-0.4, -0.2) is 15.0 Å². The molecule has 2 aromatic rings. The van der Waals surface area contributed by atoms with Crippen LogP contribution >= 0.6 is 23.4 Å². The van der Waals surface area contributed by atoms with Crippen molar-refractivity contribution in [3.8, 4) is 0 Å². The molecule has 2 aromatic heterocycles. The van der Waals surface area contributed by atoms with E-state index in [1.807, 2.05) is 6.07 Å². The Morgan fingerprint density at radius 2 is 1.80 bits per heavy atom. The van der Waals surface area contributed by atoms with Gasteiger partial charge < -0.3 is 5.73 Å². The predicted octanol–water partition coefficient (Wildman–Crippen LogP) is 2.26. The number of rotatable bonds is 2. The Hall–Kier alpha value is -1.33. The standard InChI is InChI=1S/C9H7ClN4S/c10-6-1-2-8(13-3-6)15-9-5-12-7(11)4-14-9/h1-5H,(H2,11,12). The molecule has 0 atom stereocenters. The van der Waals surface area contributed by atoms with E-state index in [1.54, 1.807) is 18.5 Å². The van der Waals surface area contributed by atoms with Gasteiger partial charge in [0.1, 0.15) is 15.9 Å². The smallest absolute Gasteiger partial charge is 0.141 e. The third kappa shape index (κ3) is 2.81. The highest BCUT2D eigenvalue weighted by Crippen LogP contribution is 2.24. The van der Waals surface area contributed by atoms with Crippen molar-refractivity contribution < 1.29 is 0 Å². The minimum Gasteiger partial charge on any atom is -0.382 e. The third-order valence-corrected chi connectivity index (χ3v) is 2.65. The number of pyridine rings is 1. The van der Waals surface area contributed by atoms with Gasteiger partial charge in [-0.15, -0.1) is 0 Å². The number of nitrogen functional groups attached to an aromatic ring is 1. The molecule has 0 amide bonds. The van der Waals surface area contributed by atoms with E-state index in [0.29, 0.717) is 10.8 Å². The molecular weight excluding hydrogens is 232 g/mol. The van der Waals surface area contributed by atoms with Crippen molar-refractivity contribution in [3.05, 3.63) is 35.7 Å². The van der Waals surface area contributed by atoms with Crippen LogP contribution in [0.3, 0.4) is 0 Å². The number of hydrogen-bond acceptors (Lipinski definition) is 5. The zero-order chi connectivity index (χ0) is 10.7. The van der Waals surface area contributed by atoms with Gasteiger partial charge in [0, 0.05) is 6.20 Å². The average molecular weight is 239 g/mol. The summed E-state index contributed by atoms with van der Waals surface area (Å²) in [5.41, 5.74) is 5.42. The van der Waals surface area contributed by atoms with E-state index >= 15 is 0 Å². The average Bonchev–Trinajstić information content (AvgIpc) is 2.25. The van der Waals surface area contributed by atoms with Gasteiger partial charge in [0.2, 0.25) is 0 Å². The molecule has 15 heavy (non-hydrogen) atoms. The van der Waals surface area contributed by atoms with Crippen molar-refractivity contribution in [2.75, 3.05) is 5.73 Å². The first-order chi connectivity index (χ1) is 7.24. The predicted molar refractivity (Wildman–Crippen MR) is 59.8 cm³/mol. The van der Waals surface area contributed by atoms with E-state index in [0.717, 1.165) is 10.1 Å². The zero-order valence-electron chi connectivity index (χ0n) is 7.59. The largest absolute Gasteiger partial charge is 0.382 e. The first kappa shape index (κ1) is 10.2. The molecule has 2 N–H and O–H groups in total. The summed E-state index contributed by atoms with van der Waals surface area (Å²) in [6.45, 7) is 0. The molecule has 76 valence electrons. The van der Waals surface area contributed by atoms with Crippen LogP contribution in [0, 0.1) is 0 Å². The molecule has 0 spiro atoms. The second-order valence-electron chi connectivity index (χ2n) is 2.70. The second-order valence-corrected chi connectivity index (χ2v) is 4.17. The fourth-order valence-corrected chi connectivity index (χ4v) is 1.69. The van der Waals surface area contributed by atoms with E-state index < -0.39 is 0 Å². The molecule has 2 rings (SSSR count). The van der Waals surface area contributed by atoms with Gasteiger partial charge in [-0.1, -0.05) is 11.6 Å². The number of nitrogens with two attached hydrogens (primary N) is 1. The molecule has 4 nitrogen and oxygen atoms in total. The molecule has 0 aliphatic heterocycles. The summed E-state index contributed by atoms with van der Waals surface area (Å²) in [4.78, 5) is 12.2. The molecule has 0 unspecified atom stereocenters. The maximum Gasteiger partial charge on any atom is 0.141 e. The van der Waals surface area contributed by atoms with Crippen LogP contribution in [0.5, 0.6) is 0 Å². The SMILES string of the molecule is Nc1cnc(Sc2ccc(Cl)cn2)cn1. The summed E-state index contributed by atoms with van der Waals surface area (Å²) in [6, 6.07) is 3.60. The molecule has 0 saturated heterocycles. The van der Waals surface area contributed by atoms with E-state index in [-0.39, 0.29) is 0 Å². The molecule has 0 aliphatic carbocycles. The van der Waals surface area contributed by atoms with Crippen LogP contribution in [0.1, 0.15) is 0 Å². The quantitative estimate of drug-likeness (QED) is 0.870. The van der Waals surface area contributed by atoms with Crippen molar-refractivity contribution in [3.63, 3.8) is 0 Å². The van der Waals surface area contributed by atoms with Gasteiger partial charge in [0.15, 0.2) is 0 Å². The zero-order valence-corrected chi connectivity index (χ0v) is 9.16. The minimum absolute atomic E-state index is 0.406. The lowest BCUT2D eigenvalue weighted by Crippen LogP contribution is -1.91. The molecule has 0 aromatic carbocycles. The summed E-state index contributed by atoms with van der Waals surface area (Å²) in [5.74, 6) is 0.406. The van der Waals surface area contributed by atoms with E-state index in [9.17, 15) is 0 Å². The van der Waals surface area contributed by atoms with E-state index in [1.165, 1.54) is 18.0 Å². The van der Waals surface area contributed by atoms with Crippen molar-refractivity contribution in [2.45, 2.75) is 10.1 Å². The van der Waals surface area contributed by atoms with Gasteiger partial charge >= 0.3 is 0 Å². The summed E-state index contributed by atoms with van der Waals surface area (Å²) in [6.07, 6.45) is 4.71. The molecule has 6 heteroatoms. The van der Waals surface area contributed by atoms with Crippen LogP contribution in [-0.2, 0) is 0 Å². The highest BCUT2D eigenvalue weighted by molar-refractivity contribution is 7.99. The molecule has 0 aliphatic rings. The number of halogens is 1. The Balaban J connectivity index is 2.15. The monoisotopic (exact) mass is 238 g/mol. The fraction of sp³-hybridized carbons (Fsp3) is 0. The Morgan fingerprint density at radius 1 is 1.00 bits per heavy atom. The lowest BCUT2D eigenvalue weighted by molar-refractivity contribution is 1.05. The first-order valence-electron chi connectivity index (χ1n) is 4.11. The molecule has 0 radical (unpaired) electrons. The minimum atomic E-state index is 0.406. The van der Waals surface area contributed by atoms with Crippen LogP contribution in [0.15, 0.2) is 40.8 Å². The van der Waals surface area contributed by atoms with Gasteiger partial charge in [-0.05, 0) is 23.9 Å². The molecule has 0 saturated carbocycles. The fourth-order valence-electron chi connectivity index (χ4n) is 0.909. The van der Waals surface area contributed by atoms with Crippen molar-refractivity contribution in [2.24, 2.45) is 0 Å². The van der Waals surface area contributed by atoms with Gasteiger partial charge in [-0.25, -0.2) is 15.0 Å². The highest BCUT2D eigenvalue weighted by Gasteiger charge is 2.00. The Kier molecular flexibility index (Phi) is 3.03. The first-order valence-corrected chi connectivity index (χ1v) is 5.30. The second kappa shape index (κ2) is 4.46. The van der Waals surface area contributed by atoms with Gasteiger partial charge in [-0.3, -0.25) is 0 Å². The Labute approximate surface area is 95.9 Å². The number of nitrogens with zero attached hydrogens (tertiary/aromatic N) is 3.